The Bertz CT molecular complexity index is 1150. The van der Waals surface area contributed by atoms with Crippen LogP contribution in [0, 0.1) is 0 Å². The van der Waals surface area contributed by atoms with Gasteiger partial charge in [0.15, 0.2) is 5.13 Å². The van der Waals surface area contributed by atoms with Crippen LogP contribution >= 0.6 is 22.9 Å². The highest BCUT2D eigenvalue weighted by molar-refractivity contribution is 7.15. The summed E-state index contributed by atoms with van der Waals surface area (Å²) < 4.78 is 1.86. The molecule has 2 N–H and O–H groups in total. The number of thiazole rings is 1. The van der Waals surface area contributed by atoms with Gasteiger partial charge in [-0.25, -0.2) is 15.0 Å². The first-order valence-corrected chi connectivity index (χ1v) is 9.75. The van der Waals surface area contributed by atoms with E-state index >= 15 is 0 Å². The Morgan fingerprint density at radius 3 is 2.89 bits per heavy atom. The lowest BCUT2D eigenvalue weighted by Crippen LogP contribution is -2.26. The Labute approximate surface area is 170 Å². The molecule has 4 aromatic rings. The number of nitrogens with one attached hydrogen (secondary N) is 2. The van der Waals surface area contributed by atoms with Crippen LogP contribution in [0.4, 0.5) is 10.8 Å². The van der Waals surface area contributed by atoms with Crippen molar-refractivity contribution in [2.24, 2.45) is 7.05 Å². The van der Waals surface area contributed by atoms with Gasteiger partial charge in [-0.3, -0.25) is 4.79 Å². The van der Waals surface area contributed by atoms with Crippen LogP contribution in [-0.2, 0) is 7.05 Å². The van der Waals surface area contributed by atoms with Gasteiger partial charge in [-0.2, -0.15) is 0 Å². The topological polar surface area (TPSA) is 84.7 Å². The summed E-state index contributed by atoms with van der Waals surface area (Å²) in [6, 6.07) is 8.96. The molecule has 7 nitrogen and oxygen atoms in total. The van der Waals surface area contributed by atoms with E-state index in [1.54, 1.807) is 24.8 Å². The molecule has 0 radical (unpaired) electrons. The van der Waals surface area contributed by atoms with Gasteiger partial charge in [0.25, 0.3) is 5.91 Å². The summed E-state index contributed by atoms with van der Waals surface area (Å²) in [5, 5.41) is 7.56. The maximum atomic E-state index is 12.6. The first-order chi connectivity index (χ1) is 13.5. The predicted octanol–water partition coefficient (Wildman–Crippen LogP) is 4.31. The maximum absolute atomic E-state index is 12.6. The average molecular weight is 413 g/mol. The molecule has 4 rings (SSSR count). The van der Waals surface area contributed by atoms with Crippen molar-refractivity contribution >= 4 is 50.7 Å². The molecule has 0 spiro atoms. The zero-order valence-electron chi connectivity index (χ0n) is 15.2. The number of rotatable bonds is 5. The number of imidazole rings is 1. The highest BCUT2D eigenvalue weighted by atomic mass is 35.5. The lowest BCUT2D eigenvalue weighted by molar-refractivity contribution is 0.0935. The summed E-state index contributed by atoms with van der Waals surface area (Å²) in [6.07, 6.45) is 5.05. The molecule has 0 bridgehead atoms. The summed E-state index contributed by atoms with van der Waals surface area (Å²) in [6.45, 7) is 1.91. The minimum Gasteiger partial charge on any atom is -0.343 e. The Kier molecular flexibility index (Phi) is 4.97. The molecule has 0 fully saturated rings. The number of nitrogens with zero attached hydrogens (tertiary/aromatic N) is 4. The molecule has 142 valence electrons. The van der Waals surface area contributed by atoms with Crippen LogP contribution in [0.5, 0.6) is 0 Å². The molecule has 3 heterocycles. The molecule has 28 heavy (non-hydrogen) atoms. The Hall–Kier alpha value is -2.97. The van der Waals surface area contributed by atoms with Gasteiger partial charge in [0.1, 0.15) is 11.2 Å². The smallest absolute Gasteiger partial charge is 0.270 e. The molecule has 3 aromatic heterocycles. The molecule has 0 aliphatic rings. The second kappa shape index (κ2) is 7.57. The number of hydrogen-bond acceptors (Lipinski definition) is 6. The Morgan fingerprint density at radius 2 is 2.07 bits per heavy atom. The molecular formula is C19H17ClN6OS. The second-order valence-electron chi connectivity index (χ2n) is 6.31. The van der Waals surface area contributed by atoms with E-state index in [0.29, 0.717) is 10.7 Å². The summed E-state index contributed by atoms with van der Waals surface area (Å²) >= 11 is 7.48. The number of anilines is 2. The average Bonchev–Trinajstić information content (AvgIpc) is 3.28. The molecule has 1 unspecified atom stereocenters. The van der Waals surface area contributed by atoms with Gasteiger partial charge in [-0.15, -0.1) is 0 Å². The molecule has 0 saturated heterocycles. The van der Waals surface area contributed by atoms with Crippen molar-refractivity contribution in [2.45, 2.75) is 13.0 Å². The zero-order chi connectivity index (χ0) is 19.7. The van der Waals surface area contributed by atoms with Crippen LogP contribution in [0.1, 0.15) is 28.3 Å². The number of halogens is 1. The van der Waals surface area contributed by atoms with Crippen molar-refractivity contribution in [2.75, 3.05) is 5.32 Å². The summed E-state index contributed by atoms with van der Waals surface area (Å²) in [4.78, 5) is 26.3. The number of pyridine rings is 1. The summed E-state index contributed by atoms with van der Waals surface area (Å²) in [7, 11) is 1.88. The first kappa shape index (κ1) is 18.4. The number of fused-ring (bicyclic) bond motifs is 1. The van der Waals surface area contributed by atoms with Crippen molar-refractivity contribution in [1.82, 2.24) is 24.8 Å². The highest BCUT2D eigenvalue weighted by Crippen LogP contribution is 2.28. The number of carbonyl (C=O) groups excluding carboxylic acids is 1. The number of benzene rings is 1. The minimum absolute atomic E-state index is 0.205. The van der Waals surface area contributed by atoms with Crippen molar-refractivity contribution in [3.8, 4) is 0 Å². The summed E-state index contributed by atoms with van der Waals surface area (Å²) in [5.41, 5.74) is 2.83. The van der Waals surface area contributed by atoms with E-state index in [0.717, 1.165) is 26.7 Å². The minimum atomic E-state index is -0.242. The SMILES string of the molecule is CC(NC(=O)c1cc2c(cn1)ncn2C)c1cnc(Nc2cccc(Cl)c2)s1. The third-order valence-electron chi connectivity index (χ3n) is 4.22. The van der Waals surface area contributed by atoms with E-state index in [1.807, 2.05) is 42.8 Å². The fourth-order valence-corrected chi connectivity index (χ4v) is 3.76. The molecule has 9 heteroatoms. The lowest BCUT2D eigenvalue weighted by atomic mass is 10.2. The molecule has 0 aliphatic carbocycles. The Morgan fingerprint density at radius 1 is 1.21 bits per heavy atom. The first-order valence-electron chi connectivity index (χ1n) is 8.56. The van der Waals surface area contributed by atoms with Crippen molar-refractivity contribution < 1.29 is 4.79 Å². The highest BCUT2D eigenvalue weighted by Gasteiger charge is 2.16. The maximum Gasteiger partial charge on any atom is 0.270 e. The zero-order valence-corrected chi connectivity index (χ0v) is 16.8. The van der Waals surface area contributed by atoms with Gasteiger partial charge in [0.2, 0.25) is 0 Å². The number of aryl methyl sites for hydroxylation is 1. The van der Waals surface area contributed by atoms with Gasteiger partial charge in [-0.05, 0) is 31.2 Å². The van der Waals surface area contributed by atoms with E-state index in [1.165, 1.54) is 11.3 Å². The third kappa shape index (κ3) is 3.83. The number of amides is 1. The van der Waals surface area contributed by atoms with Crippen LogP contribution < -0.4 is 10.6 Å². The fraction of sp³-hybridized carbons (Fsp3) is 0.158. The third-order valence-corrected chi connectivity index (χ3v) is 5.55. The number of aromatic nitrogens is 4. The fourth-order valence-electron chi connectivity index (χ4n) is 2.73. The standard InChI is InChI=1S/C19H17ClN6OS/c1-11(17-9-22-19(28-17)25-13-5-3-4-12(20)6-13)24-18(27)14-7-16-15(8-21-14)23-10-26(16)2/h3-11H,1-2H3,(H,22,25)(H,24,27). The van der Waals surface area contributed by atoms with Gasteiger partial charge in [0, 0.05) is 28.8 Å². The van der Waals surface area contributed by atoms with Crippen LogP contribution in [0.25, 0.3) is 11.0 Å². The normalized spacial score (nSPS) is 12.1. The van der Waals surface area contributed by atoms with E-state index in [9.17, 15) is 4.79 Å². The Balaban J connectivity index is 1.45. The van der Waals surface area contributed by atoms with Crippen LogP contribution in [-0.4, -0.2) is 25.4 Å². The van der Waals surface area contributed by atoms with Gasteiger partial charge >= 0.3 is 0 Å². The molecule has 1 amide bonds. The van der Waals surface area contributed by atoms with Crippen molar-refractivity contribution in [1.29, 1.82) is 0 Å². The second-order valence-corrected chi connectivity index (χ2v) is 7.81. The van der Waals surface area contributed by atoms with Crippen molar-refractivity contribution in [3.05, 3.63) is 64.6 Å². The quantitative estimate of drug-likeness (QED) is 0.510. The van der Waals surface area contributed by atoms with Gasteiger partial charge in [0.05, 0.1) is 24.1 Å². The largest absolute Gasteiger partial charge is 0.343 e. The van der Waals surface area contributed by atoms with E-state index in [2.05, 4.69) is 25.6 Å². The monoisotopic (exact) mass is 412 g/mol. The van der Waals surface area contributed by atoms with Crippen LogP contribution in [0.2, 0.25) is 5.02 Å². The van der Waals surface area contributed by atoms with E-state index in [4.69, 9.17) is 11.6 Å². The van der Waals surface area contributed by atoms with E-state index in [-0.39, 0.29) is 11.9 Å². The molecule has 1 atom stereocenters. The molecule has 1 aromatic carbocycles. The summed E-state index contributed by atoms with van der Waals surface area (Å²) in [5.74, 6) is -0.242. The molecular weight excluding hydrogens is 396 g/mol. The molecule has 0 saturated carbocycles. The molecule has 0 aliphatic heterocycles. The van der Waals surface area contributed by atoms with Gasteiger partial charge in [-0.1, -0.05) is 29.0 Å². The van der Waals surface area contributed by atoms with Crippen LogP contribution in [0.3, 0.4) is 0 Å². The number of hydrogen-bond donors (Lipinski definition) is 2. The van der Waals surface area contributed by atoms with Crippen LogP contribution in [0.15, 0.2) is 49.1 Å². The predicted molar refractivity (Wildman–Crippen MR) is 111 cm³/mol. The van der Waals surface area contributed by atoms with Crippen molar-refractivity contribution in [3.63, 3.8) is 0 Å². The van der Waals surface area contributed by atoms with E-state index < -0.39 is 0 Å². The van der Waals surface area contributed by atoms with Gasteiger partial charge < -0.3 is 15.2 Å². The number of carbonyl (C=O) groups is 1. The lowest BCUT2D eigenvalue weighted by Gasteiger charge is -2.11.